The van der Waals surface area contributed by atoms with Crippen LogP contribution < -0.4 is 26.9 Å². The van der Waals surface area contributed by atoms with Crippen LogP contribution in [0.15, 0.2) is 81.0 Å². The largest absolute Gasteiger partial charge is 0.508 e. The van der Waals surface area contributed by atoms with E-state index in [0.29, 0.717) is 23.5 Å². The molecule has 4 aliphatic carbocycles. The summed E-state index contributed by atoms with van der Waals surface area (Å²) in [5, 5.41) is 79.2. The lowest BCUT2D eigenvalue weighted by atomic mass is 9.39. The zero-order chi connectivity index (χ0) is 43.3. The van der Waals surface area contributed by atoms with Gasteiger partial charge in [0.05, 0.1) is 6.54 Å². The first-order valence-corrected chi connectivity index (χ1v) is 19.8. The molecule has 12 N–H and O–H groups in total. The van der Waals surface area contributed by atoms with Crippen LogP contribution in [0.5, 0.6) is 23.0 Å². The minimum absolute atomic E-state index is 0.0335. The monoisotopic (exact) mass is 836 g/mol. The number of carbonyl (C=O) groups is 2. The van der Waals surface area contributed by atoms with E-state index in [-0.39, 0.29) is 29.1 Å². The number of fused-ring (bicyclic) bond motifs is 4. The van der Waals surface area contributed by atoms with Gasteiger partial charge in [0.1, 0.15) is 46.6 Å². The van der Waals surface area contributed by atoms with Gasteiger partial charge in [0.2, 0.25) is 12.0 Å². The number of aromatic hydroxyl groups is 3. The molecule has 5 aliphatic rings. The molecule has 0 unspecified atom stereocenters. The molecule has 4 aromatic rings. The van der Waals surface area contributed by atoms with Crippen molar-refractivity contribution in [3.8, 4) is 34.3 Å². The van der Waals surface area contributed by atoms with Gasteiger partial charge in [0.15, 0.2) is 29.0 Å². The summed E-state index contributed by atoms with van der Waals surface area (Å²) in [5.74, 6) is -4.99. The number of carboxylic acid groups (broad SMARTS) is 1. The number of allylic oxidation sites excluding steroid dienone is 3. The Morgan fingerprint density at radius 2 is 1.80 bits per heavy atom. The van der Waals surface area contributed by atoms with Crippen molar-refractivity contribution in [1.82, 2.24) is 5.32 Å². The second-order valence-corrected chi connectivity index (χ2v) is 16.8. The van der Waals surface area contributed by atoms with Gasteiger partial charge in [-0.1, -0.05) is 42.5 Å². The number of carbonyl (C=O) groups excluding carboxylic acids is 1. The molecule has 3 bridgehead atoms. The van der Waals surface area contributed by atoms with Gasteiger partial charge in [-0.05, 0) is 78.6 Å². The number of carboxylic acids is 1. The van der Waals surface area contributed by atoms with Crippen LogP contribution in [0.3, 0.4) is 0 Å². The predicted octanol–water partition coefficient (Wildman–Crippen LogP) is 1.67. The standard InChI is InChI=1S/C44H44N4O13/c1-47-31-11-19-8-9-42-15-21(19)16-43(31,18-49)36(42)25(10-20-4-2-3-5-26(20)42)24-12-22(50)6-7-23(24)28-13-27(51)32-29(59-28)14-30(33(52)34(32)53)60-40-38(55)44(58,17-48-41(45)46)37(54)35(61-40)39(56)57/h2-10,12-14,18-19,21,31,35-38,40,47,50,52-55,58H,11,15-17H2,1H3,(H,56,57)(H4,45,46,48)/t19-,21+,31-,35-,36+,37+,38-,40+,42-,43+,44-/m0/s1. The fraction of sp³-hybridized carbons (Fsp3) is 0.364. The minimum Gasteiger partial charge on any atom is -0.508 e. The normalized spacial score (nSPS) is 33.3. The van der Waals surface area contributed by atoms with Crippen molar-refractivity contribution in [2.75, 3.05) is 13.6 Å². The number of nitrogens with two attached hydrogens (primary N) is 2. The van der Waals surface area contributed by atoms with Crippen molar-refractivity contribution in [1.29, 1.82) is 0 Å². The highest BCUT2D eigenvalue weighted by molar-refractivity contribution is 5.96. The molecule has 2 saturated carbocycles. The Hall–Kier alpha value is -6.24. The number of aliphatic carboxylic acids is 1. The average Bonchev–Trinajstić information content (AvgIpc) is 3.23. The Bertz CT molecular complexity index is 2660. The summed E-state index contributed by atoms with van der Waals surface area (Å²) in [7, 11) is 1.87. The molecule has 1 aliphatic heterocycles. The van der Waals surface area contributed by atoms with E-state index >= 15 is 0 Å². The highest BCUT2D eigenvalue weighted by Gasteiger charge is 2.66. The van der Waals surface area contributed by atoms with Crippen molar-refractivity contribution in [2.24, 2.45) is 39.6 Å². The van der Waals surface area contributed by atoms with Gasteiger partial charge in [-0.3, -0.25) is 9.79 Å². The van der Waals surface area contributed by atoms with Crippen molar-refractivity contribution in [3.05, 3.63) is 93.7 Å². The Morgan fingerprint density at radius 1 is 1.03 bits per heavy atom. The zero-order valence-electron chi connectivity index (χ0n) is 32.6. The maximum Gasteiger partial charge on any atom is 0.335 e. The van der Waals surface area contributed by atoms with E-state index < -0.39 is 93.5 Å². The second-order valence-electron chi connectivity index (χ2n) is 16.8. The molecule has 3 aromatic carbocycles. The Labute approximate surface area is 346 Å². The summed E-state index contributed by atoms with van der Waals surface area (Å²) in [6.07, 6.45) is 1.03. The average molecular weight is 837 g/mol. The quantitative estimate of drug-likeness (QED) is 0.0377. The molecule has 17 nitrogen and oxygen atoms in total. The number of guanidine groups is 1. The predicted molar refractivity (Wildman–Crippen MR) is 218 cm³/mol. The number of nitrogens with zero attached hydrogens (tertiary/aromatic N) is 1. The summed E-state index contributed by atoms with van der Waals surface area (Å²) in [6.45, 7) is -0.891. The third-order valence-corrected chi connectivity index (χ3v) is 13.7. The summed E-state index contributed by atoms with van der Waals surface area (Å²) in [4.78, 5) is 43.3. The van der Waals surface area contributed by atoms with Crippen LogP contribution in [-0.4, -0.2) is 104 Å². The van der Waals surface area contributed by atoms with Crippen LogP contribution in [0.4, 0.5) is 0 Å². The zero-order valence-corrected chi connectivity index (χ0v) is 32.6. The summed E-state index contributed by atoms with van der Waals surface area (Å²) in [5.41, 5.74) is 9.01. The minimum atomic E-state index is -2.76. The lowest BCUT2D eigenvalue weighted by Gasteiger charge is -2.65. The fourth-order valence-electron chi connectivity index (χ4n) is 11.0. The second kappa shape index (κ2) is 14.2. The van der Waals surface area contributed by atoms with Crippen LogP contribution in [0.2, 0.25) is 0 Å². The molecule has 0 amide bonds. The first-order chi connectivity index (χ1) is 29.1. The number of aldehydes is 1. The maximum absolute atomic E-state index is 13.9. The van der Waals surface area contributed by atoms with Crippen LogP contribution in [-0.2, 0) is 19.7 Å². The van der Waals surface area contributed by atoms with Gasteiger partial charge in [0, 0.05) is 40.5 Å². The van der Waals surface area contributed by atoms with Gasteiger partial charge >= 0.3 is 5.97 Å². The first kappa shape index (κ1) is 40.2. The number of ether oxygens (including phenoxy) is 2. The Balaban J connectivity index is 1.19. The first-order valence-electron chi connectivity index (χ1n) is 19.8. The molecule has 318 valence electrons. The number of nitrogens with one attached hydrogen (secondary N) is 1. The number of aliphatic imine (C=N–C) groups is 1. The fourth-order valence-corrected chi connectivity index (χ4v) is 11.0. The smallest absolute Gasteiger partial charge is 0.335 e. The lowest BCUT2D eigenvalue weighted by Crippen LogP contribution is -2.70. The number of hydrogen-bond donors (Lipinski definition) is 10. The van der Waals surface area contributed by atoms with Crippen LogP contribution in [0.1, 0.15) is 36.0 Å². The van der Waals surface area contributed by atoms with E-state index in [1.54, 1.807) is 12.1 Å². The molecule has 1 saturated heterocycles. The number of hydrogen-bond acceptors (Lipinski definition) is 14. The maximum atomic E-state index is 13.9. The third kappa shape index (κ3) is 5.86. The van der Waals surface area contributed by atoms with Gasteiger partial charge in [-0.25, -0.2) is 4.79 Å². The van der Waals surface area contributed by atoms with Crippen LogP contribution >= 0.6 is 0 Å². The molecule has 1 aromatic heterocycles. The van der Waals surface area contributed by atoms with E-state index in [0.717, 1.165) is 48.0 Å². The highest BCUT2D eigenvalue weighted by Crippen LogP contribution is 2.69. The van der Waals surface area contributed by atoms with E-state index in [1.807, 2.05) is 31.3 Å². The van der Waals surface area contributed by atoms with Crippen LogP contribution in [0.25, 0.3) is 33.9 Å². The van der Waals surface area contributed by atoms with Crippen molar-refractivity contribution in [2.45, 2.75) is 60.9 Å². The number of phenols is 3. The van der Waals surface area contributed by atoms with Crippen molar-refractivity contribution < 1.29 is 59.2 Å². The molecule has 17 heteroatoms. The van der Waals surface area contributed by atoms with E-state index in [4.69, 9.17) is 25.4 Å². The molecule has 11 atom stereocenters. The lowest BCUT2D eigenvalue weighted by molar-refractivity contribution is -0.303. The van der Waals surface area contributed by atoms with Crippen molar-refractivity contribution >= 4 is 40.8 Å². The molecule has 3 fully saturated rings. The van der Waals surface area contributed by atoms with E-state index in [9.17, 15) is 50.1 Å². The van der Waals surface area contributed by atoms with E-state index in [1.165, 1.54) is 6.07 Å². The summed E-state index contributed by atoms with van der Waals surface area (Å²) in [6, 6.07) is 14.5. The van der Waals surface area contributed by atoms with E-state index in [2.05, 4.69) is 28.5 Å². The molecule has 2 heterocycles. The summed E-state index contributed by atoms with van der Waals surface area (Å²) < 4.78 is 17.3. The summed E-state index contributed by atoms with van der Waals surface area (Å²) >= 11 is 0. The molecule has 0 radical (unpaired) electrons. The molecule has 9 rings (SSSR count). The third-order valence-electron chi connectivity index (χ3n) is 13.7. The number of rotatable bonds is 9. The molecular formula is C44H44N4O13. The van der Waals surface area contributed by atoms with Gasteiger partial charge in [-0.2, -0.15) is 0 Å². The van der Waals surface area contributed by atoms with Crippen LogP contribution in [0, 0.1) is 23.2 Å². The van der Waals surface area contributed by atoms with Gasteiger partial charge in [-0.15, -0.1) is 0 Å². The molecular weight excluding hydrogens is 792 g/mol. The number of aliphatic hydroxyl groups is 3. The number of benzene rings is 3. The highest BCUT2D eigenvalue weighted by atomic mass is 16.7. The molecule has 61 heavy (non-hydrogen) atoms. The van der Waals surface area contributed by atoms with Crippen molar-refractivity contribution in [3.63, 3.8) is 0 Å². The topological polar surface area (TPSA) is 301 Å². The van der Waals surface area contributed by atoms with Gasteiger partial charge < -0.3 is 71.2 Å². The Morgan fingerprint density at radius 3 is 2.52 bits per heavy atom. The molecule has 1 spiro atoms. The Kier molecular flexibility index (Phi) is 9.33. The number of aliphatic hydroxyl groups excluding tert-OH is 2. The number of phenolic OH excluding ortho intramolecular Hbond substituents is 3. The van der Waals surface area contributed by atoms with Gasteiger partial charge in [0.25, 0.3) is 0 Å². The SMILES string of the molecule is CN[C@H]1C[C@@H]2C=C[C@@]34C[C@@H]2C[C@]1(C=O)[C@@H]3C(c1cc(O)ccc1-c1cc(=O)c2c(O)c(O)c(O[C@@H]3O[C@H](C(=O)O)[C@@H](O)[C@@](O)(CN=C(N)N)[C@H]3O)cc2o1)=Cc1ccccc14.